The van der Waals surface area contributed by atoms with Crippen molar-refractivity contribution in [2.45, 2.75) is 51.0 Å². The van der Waals surface area contributed by atoms with E-state index >= 15 is 0 Å². The molecule has 1 amide bonds. The van der Waals surface area contributed by atoms with Gasteiger partial charge in [-0.15, -0.1) is 20.4 Å². The Hall–Kier alpha value is -3.07. The van der Waals surface area contributed by atoms with Crippen LogP contribution < -0.4 is 0 Å². The summed E-state index contributed by atoms with van der Waals surface area (Å²) < 4.78 is 5.85. The summed E-state index contributed by atoms with van der Waals surface area (Å²) in [6, 6.07) is 5.56. The van der Waals surface area contributed by atoms with Crippen molar-refractivity contribution in [1.29, 1.82) is 0 Å². The molecule has 1 aliphatic heterocycles. The van der Waals surface area contributed by atoms with E-state index in [2.05, 4.69) is 25.6 Å². The largest absolute Gasteiger partial charge is 0.425 e. The number of carbonyl (C=O) groups is 1. The first kappa shape index (κ1) is 20.8. The number of likely N-dealkylation sites (tertiary alicyclic amines) is 1. The number of halogens is 1. The van der Waals surface area contributed by atoms with Crippen LogP contribution in [0.1, 0.15) is 66.3 Å². The maximum atomic E-state index is 12.8. The Morgan fingerprint density at radius 2 is 1.84 bits per heavy atom. The average Bonchev–Trinajstić information content (AvgIpc) is 3.38. The van der Waals surface area contributed by atoms with E-state index in [4.69, 9.17) is 16.0 Å². The molecule has 0 atom stereocenters. The van der Waals surface area contributed by atoms with Crippen molar-refractivity contribution in [2.75, 3.05) is 13.1 Å². The highest BCUT2D eigenvalue weighted by Crippen LogP contribution is 2.40. The third-order valence-electron chi connectivity index (χ3n) is 5.91. The highest BCUT2D eigenvalue weighted by atomic mass is 35.5. The number of carbonyl (C=O) groups excluding carboxylic acids is 1. The molecule has 0 bridgehead atoms. The summed E-state index contributed by atoms with van der Waals surface area (Å²) in [7, 11) is 0. The highest BCUT2D eigenvalue weighted by molar-refractivity contribution is 6.30. The lowest BCUT2D eigenvalue weighted by Crippen LogP contribution is -2.36. The predicted octanol–water partition coefficient (Wildman–Crippen LogP) is 3.36. The molecular formula is C22H24ClN7O2. The number of rotatable bonds is 6. The van der Waals surface area contributed by atoms with Crippen molar-refractivity contribution in [2.24, 2.45) is 0 Å². The second-order valence-electron chi connectivity index (χ2n) is 8.40. The van der Waals surface area contributed by atoms with E-state index < -0.39 is 0 Å². The van der Waals surface area contributed by atoms with Crippen LogP contribution in [0.15, 0.2) is 28.7 Å². The molecule has 10 heteroatoms. The number of hydrogen-bond acceptors (Lipinski definition) is 7. The van der Waals surface area contributed by atoms with E-state index in [-0.39, 0.29) is 11.8 Å². The fraction of sp³-hybridized carbons (Fsp3) is 0.455. The molecule has 1 saturated carbocycles. The van der Waals surface area contributed by atoms with Crippen LogP contribution in [-0.2, 0) is 11.3 Å². The van der Waals surface area contributed by atoms with Gasteiger partial charge in [-0.1, -0.05) is 17.7 Å². The minimum Gasteiger partial charge on any atom is -0.425 e. The number of nitrogens with zero attached hydrogens (tertiary/aromatic N) is 7. The Morgan fingerprint density at radius 3 is 2.50 bits per heavy atom. The van der Waals surface area contributed by atoms with Gasteiger partial charge in [0.15, 0.2) is 5.82 Å². The summed E-state index contributed by atoms with van der Waals surface area (Å²) in [4.78, 5) is 16.2. The standard InChI is InChI=1S/C22H24ClN7O2/c1-14-24-28-30(27-14)13-18-12-19(23)6-4-15(18)5-7-20(31)29-10-8-17(9-11-29)22-26-25-21(32-22)16-2-3-16/h4-7,12,16-17H,2-3,8-11,13H2,1H3. The zero-order valence-electron chi connectivity index (χ0n) is 17.8. The number of aryl methyl sites for hydroxylation is 1. The first-order valence-corrected chi connectivity index (χ1v) is 11.3. The molecule has 166 valence electrons. The lowest BCUT2D eigenvalue weighted by atomic mass is 9.96. The average molecular weight is 454 g/mol. The summed E-state index contributed by atoms with van der Waals surface area (Å²) in [5.41, 5.74) is 1.81. The van der Waals surface area contributed by atoms with Crippen molar-refractivity contribution >= 4 is 23.6 Å². The quantitative estimate of drug-likeness (QED) is 0.527. The Labute approximate surface area is 190 Å². The van der Waals surface area contributed by atoms with Gasteiger partial charge in [-0.2, -0.15) is 4.80 Å². The molecular weight excluding hydrogens is 430 g/mol. The summed E-state index contributed by atoms with van der Waals surface area (Å²) in [6.45, 7) is 3.55. The van der Waals surface area contributed by atoms with E-state index in [1.807, 2.05) is 23.1 Å². The first-order chi connectivity index (χ1) is 15.5. The number of piperidine rings is 1. The minimum atomic E-state index is -0.0109. The topological polar surface area (TPSA) is 103 Å². The van der Waals surface area contributed by atoms with Crippen LogP contribution in [0, 0.1) is 6.92 Å². The highest BCUT2D eigenvalue weighted by Gasteiger charge is 2.32. The molecule has 0 radical (unpaired) electrons. The first-order valence-electron chi connectivity index (χ1n) is 10.9. The maximum Gasteiger partial charge on any atom is 0.246 e. The molecule has 1 aliphatic carbocycles. The second kappa shape index (κ2) is 8.82. The van der Waals surface area contributed by atoms with Crippen molar-refractivity contribution in [3.8, 4) is 0 Å². The molecule has 5 rings (SSSR count). The molecule has 1 saturated heterocycles. The molecule has 2 aromatic heterocycles. The third-order valence-corrected chi connectivity index (χ3v) is 6.15. The van der Waals surface area contributed by atoms with Gasteiger partial charge < -0.3 is 9.32 Å². The Morgan fingerprint density at radius 1 is 1.12 bits per heavy atom. The van der Waals surface area contributed by atoms with Gasteiger partial charge in [0.2, 0.25) is 17.7 Å². The van der Waals surface area contributed by atoms with Gasteiger partial charge in [0, 0.05) is 36.0 Å². The van der Waals surface area contributed by atoms with E-state index in [0.717, 1.165) is 48.6 Å². The van der Waals surface area contributed by atoms with Crippen LogP contribution in [-0.4, -0.2) is 54.3 Å². The Bertz CT molecular complexity index is 1140. The van der Waals surface area contributed by atoms with E-state index in [0.29, 0.717) is 36.4 Å². The molecule has 3 aromatic rings. The number of benzene rings is 1. The van der Waals surface area contributed by atoms with Crippen LogP contribution >= 0.6 is 11.6 Å². The molecule has 0 unspecified atom stereocenters. The van der Waals surface area contributed by atoms with Crippen molar-refractivity contribution < 1.29 is 9.21 Å². The molecule has 9 nitrogen and oxygen atoms in total. The van der Waals surface area contributed by atoms with Gasteiger partial charge in [-0.05, 0) is 67.2 Å². The Balaban J connectivity index is 1.21. The molecule has 2 fully saturated rings. The monoisotopic (exact) mass is 453 g/mol. The number of aromatic nitrogens is 6. The molecule has 32 heavy (non-hydrogen) atoms. The molecule has 3 heterocycles. The Kier molecular flexibility index (Phi) is 5.73. The third kappa shape index (κ3) is 4.72. The van der Waals surface area contributed by atoms with Crippen LogP contribution in [0.4, 0.5) is 0 Å². The maximum absolute atomic E-state index is 12.8. The van der Waals surface area contributed by atoms with Gasteiger partial charge in [0.05, 0.1) is 6.54 Å². The van der Waals surface area contributed by atoms with Crippen molar-refractivity contribution in [3.63, 3.8) is 0 Å². The van der Waals surface area contributed by atoms with E-state index in [1.54, 1.807) is 19.1 Å². The SMILES string of the molecule is Cc1nnn(Cc2cc(Cl)ccc2C=CC(=O)N2CCC(c3nnc(C4CC4)o3)CC2)n1. The summed E-state index contributed by atoms with van der Waals surface area (Å²) in [5, 5.41) is 21.2. The van der Waals surface area contributed by atoms with Gasteiger partial charge >= 0.3 is 0 Å². The summed E-state index contributed by atoms with van der Waals surface area (Å²) in [6.07, 6.45) is 7.38. The number of amides is 1. The van der Waals surface area contributed by atoms with Crippen LogP contribution in [0.2, 0.25) is 5.02 Å². The lowest BCUT2D eigenvalue weighted by molar-refractivity contribution is -0.127. The second-order valence-corrected chi connectivity index (χ2v) is 8.83. The molecule has 0 spiro atoms. The van der Waals surface area contributed by atoms with Crippen LogP contribution in [0.5, 0.6) is 0 Å². The van der Waals surface area contributed by atoms with Gasteiger partial charge in [0.25, 0.3) is 0 Å². The summed E-state index contributed by atoms with van der Waals surface area (Å²) in [5.74, 6) is 2.78. The molecule has 1 aromatic carbocycles. The van der Waals surface area contributed by atoms with Crippen molar-refractivity contribution in [3.05, 3.63) is 58.0 Å². The number of hydrogen-bond donors (Lipinski definition) is 0. The predicted molar refractivity (Wildman–Crippen MR) is 117 cm³/mol. The smallest absolute Gasteiger partial charge is 0.246 e. The normalized spacial score (nSPS) is 17.4. The van der Waals surface area contributed by atoms with Gasteiger partial charge in [0.1, 0.15) is 0 Å². The fourth-order valence-corrected chi connectivity index (χ4v) is 4.13. The van der Waals surface area contributed by atoms with Gasteiger partial charge in [-0.3, -0.25) is 4.79 Å². The zero-order chi connectivity index (χ0) is 22.1. The molecule has 0 N–H and O–H groups in total. The minimum absolute atomic E-state index is 0.0109. The number of tetrazole rings is 1. The van der Waals surface area contributed by atoms with E-state index in [1.165, 1.54) is 4.80 Å². The van der Waals surface area contributed by atoms with Crippen LogP contribution in [0.25, 0.3) is 6.08 Å². The van der Waals surface area contributed by atoms with Gasteiger partial charge in [-0.25, -0.2) is 0 Å². The van der Waals surface area contributed by atoms with Crippen LogP contribution in [0.3, 0.4) is 0 Å². The van der Waals surface area contributed by atoms with E-state index in [9.17, 15) is 4.79 Å². The lowest BCUT2D eigenvalue weighted by Gasteiger charge is -2.29. The summed E-state index contributed by atoms with van der Waals surface area (Å²) >= 11 is 6.18. The zero-order valence-corrected chi connectivity index (χ0v) is 18.6. The fourth-order valence-electron chi connectivity index (χ4n) is 3.94. The molecule has 2 aliphatic rings. The van der Waals surface area contributed by atoms with Crippen molar-refractivity contribution in [1.82, 2.24) is 35.3 Å².